The van der Waals surface area contributed by atoms with Crippen LogP contribution in [0.4, 0.5) is 0 Å². The van der Waals surface area contributed by atoms with Crippen LogP contribution in [0.2, 0.25) is 0 Å². The summed E-state index contributed by atoms with van der Waals surface area (Å²) < 4.78 is 32.8. The van der Waals surface area contributed by atoms with Crippen molar-refractivity contribution in [3.05, 3.63) is 60.2 Å². The molecule has 0 aliphatic rings. The summed E-state index contributed by atoms with van der Waals surface area (Å²) in [4.78, 5) is 11.1. The highest BCUT2D eigenvalue weighted by atomic mass is 32.2. The molecule has 6 nitrogen and oxygen atoms in total. The molecule has 0 fully saturated rings. The van der Waals surface area contributed by atoms with Crippen molar-refractivity contribution in [1.29, 1.82) is 0 Å². The number of rotatable bonds is 8. The van der Waals surface area contributed by atoms with E-state index >= 15 is 0 Å². The van der Waals surface area contributed by atoms with Gasteiger partial charge in [0.2, 0.25) is 10.0 Å². The van der Waals surface area contributed by atoms with Crippen LogP contribution in [0.3, 0.4) is 0 Å². The van der Waals surface area contributed by atoms with Crippen molar-refractivity contribution in [3.63, 3.8) is 0 Å². The van der Waals surface area contributed by atoms with Gasteiger partial charge in [-0.15, -0.1) is 0 Å². The highest BCUT2D eigenvalue weighted by Crippen LogP contribution is 2.22. The summed E-state index contributed by atoms with van der Waals surface area (Å²) in [7, 11) is -3.85. The van der Waals surface area contributed by atoms with Crippen molar-refractivity contribution in [2.75, 3.05) is 6.61 Å². The van der Waals surface area contributed by atoms with Crippen LogP contribution < -0.4 is 9.46 Å². The number of carboxylic acid groups (broad SMARTS) is 1. The van der Waals surface area contributed by atoms with Gasteiger partial charge in [0.1, 0.15) is 5.75 Å². The average molecular weight is 349 g/mol. The summed E-state index contributed by atoms with van der Waals surface area (Å²) in [6, 6.07) is 13.8. The van der Waals surface area contributed by atoms with Gasteiger partial charge in [-0.2, -0.15) is 0 Å². The number of carbonyl (C=O) groups is 1. The molecule has 2 N–H and O–H groups in total. The SMILES string of the molecule is CCOc1ccc(S(=O)(=O)N[C@H](CC(=O)O)c2ccccc2)cc1. The number of hydrogen-bond donors (Lipinski definition) is 2. The monoisotopic (exact) mass is 349 g/mol. The molecule has 0 aliphatic heterocycles. The minimum atomic E-state index is -3.85. The summed E-state index contributed by atoms with van der Waals surface area (Å²) in [5, 5.41) is 9.06. The molecule has 2 rings (SSSR count). The van der Waals surface area contributed by atoms with Crippen LogP contribution in [-0.2, 0) is 14.8 Å². The molecule has 2 aromatic rings. The van der Waals surface area contributed by atoms with Gasteiger partial charge in [0.05, 0.1) is 24.0 Å². The minimum Gasteiger partial charge on any atom is -0.494 e. The van der Waals surface area contributed by atoms with Crippen LogP contribution in [0, 0.1) is 0 Å². The molecule has 128 valence electrons. The first kappa shape index (κ1) is 18.0. The van der Waals surface area contributed by atoms with Crippen LogP contribution in [0.25, 0.3) is 0 Å². The first-order chi connectivity index (χ1) is 11.4. The fourth-order valence-corrected chi connectivity index (χ4v) is 3.45. The molecule has 7 heteroatoms. The summed E-state index contributed by atoms with van der Waals surface area (Å²) in [5.74, 6) is -0.514. The molecule has 0 saturated heterocycles. The Morgan fingerprint density at radius 3 is 2.29 bits per heavy atom. The predicted molar refractivity (Wildman–Crippen MR) is 89.4 cm³/mol. The first-order valence-corrected chi connectivity index (χ1v) is 8.92. The van der Waals surface area contributed by atoms with E-state index in [1.807, 2.05) is 6.92 Å². The van der Waals surface area contributed by atoms with Gasteiger partial charge >= 0.3 is 5.97 Å². The number of nitrogens with one attached hydrogen (secondary N) is 1. The van der Waals surface area contributed by atoms with Crippen molar-refractivity contribution >= 4 is 16.0 Å². The quantitative estimate of drug-likeness (QED) is 0.764. The van der Waals surface area contributed by atoms with E-state index in [4.69, 9.17) is 9.84 Å². The van der Waals surface area contributed by atoms with Gasteiger partial charge in [-0.1, -0.05) is 30.3 Å². The van der Waals surface area contributed by atoms with Crippen LogP contribution in [-0.4, -0.2) is 26.1 Å². The molecule has 0 unspecified atom stereocenters. The van der Waals surface area contributed by atoms with E-state index < -0.39 is 22.0 Å². The molecule has 0 bridgehead atoms. The lowest BCUT2D eigenvalue weighted by Crippen LogP contribution is -2.30. The highest BCUT2D eigenvalue weighted by molar-refractivity contribution is 7.89. The third-order valence-corrected chi connectivity index (χ3v) is 4.81. The Bertz CT molecular complexity index is 772. The molecule has 0 aliphatic carbocycles. The summed E-state index contributed by atoms with van der Waals surface area (Å²) in [6.07, 6.45) is -0.347. The molecule has 0 aromatic heterocycles. The molecule has 0 amide bonds. The number of ether oxygens (including phenoxy) is 1. The van der Waals surface area contributed by atoms with E-state index in [9.17, 15) is 13.2 Å². The maximum absolute atomic E-state index is 12.5. The number of hydrogen-bond acceptors (Lipinski definition) is 4. The molecule has 0 radical (unpaired) electrons. The molecule has 2 aromatic carbocycles. The smallest absolute Gasteiger partial charge is 0.305 e. The van der Waals surface area contributed by atoms with E-state index in [-0.39, 0.29) is 11.3 Å². The van der Waals surface area contributed by atoms with Gasteiger partial charge in [0, 0.05) is 0 Å². The Hall–Kier alpha value is -2.38. The summed E-state index contributed by atoms with van der Waals surface area (Å²) >= 11 is 0. The number of carboxylic acids is 1. The second-order valence-corrected chi connectivity index (χ2v) is 6.80. The van der Waals surface area contributed by atoms with Gasteiger partial charge in [0.15, 0.2) is 0 Å². The first-order valence-electron chi connectivity index (χ1n) is 7.44. The summed E-state index contributed by atoms with van der Waals surface area (Å²) in [6.45, 7) is 2.32. The number of sulfonamides is 1. The molecule has 0 spiro atoms. The van der Waals surface area contributed by atoms with Gasteiger partial charge in [-0.25, -0.2) is 13.1 Å². The van der Waals surface area contributed by atoms with Crippen LogP contribution in [0.5, 0.6) is 5.75 Å². The molecule has 1 atom stereocenters. The largest absolute Gasteiger partial charge is 0.494 e. The minimum absolute atomic E-state index is 0.0530. The standard InChI is InChI=1S/C17H19NO5S/c1-2-23-14-8-10-15(11-9-14)24(21,22)18-16(12-17(19)20)13-6-4-3-5-7-13/h3-11,16,18H,2,12H2,1H3,(H,19,20)/t16-/m1/s1. The lowest BCUT2D eigenvalue weighted by Gasteiger charge is -2.17. The Morgan fingerprint density at radius 1 is 1.12 bits per heavy atom. The molecule has 0 heterocycles. The zero-order valence-corrected chi connectivity index (χ0v) is 14.0. The van der Waals surface area contributed by atoms with Gasteiger partial charge < -0.3 is 9.84 Å². The lowest BCUT2D eigenvalue weighted by atomic mass is 10.1. The fourth-order valence-electron chi connectivity index (χ4n) is 2.22. The molecular formula is C17H19NO5S. The van der Waals surface area contributed by atoms with E-state index in [0.29, 0.717) is 17.9 Å². The summed E-state index contributed by atoms with van der Waals surface area (Å²) in [5.41, 5.74) is 0.592. The lowest BCUT2D eigenvalue weighted by molar-refractivity contribution is -0.137. The zero-order chi connectivity index (χ0) is 17.6. The molecular weight excluding hydrogens is 330 g/mol. The fraction of sp³-hybridized carbons (Fsp3) is 0.235. The Morgan fingerprint density at radius 2 is 1.75 bits per heavy atom. The van der Waals surface area contributed by atoms with E-state index in [1.165, 1.54) is 12.1 Å². The predicted octanol–water partition coefficient (Wildman–Crippen LogP) is 2.58. The third kappa shape index (κ3) is 4.81. The van der Waals surface area contributed by atoms with Crippen molar-refractivity contribution in [2.45, 2.75) is 24.3 Å². The van der Waals surface area contributed by atoms with Crippen molar-refractivity contribution in [2.24, 2.45) is 0 Å². The molecule has 24 heavy (non-hydrogen) atoms. The van der Waals surface area contributed by atoms with Gasteiger partial charge in [-0.05, 0) is 36.8 Å². The maximum atomic E-state index is 12.5. The zero-order valence-electron chi connectivity index (χ0n) is 13.2. The van der Waals surface area contributed by atoms with Crippen molar-refractivity contribution in [3.8, 4) is 5.75 Å². The second-order valence-electron chi connectivity index (χ2n) is 5.09. The Kier molecular flexibility index (Phi) is 5.94. The van der Waals surface area contributed by atoms with Crippen molar-refractivity contribution < 1.29 is 23.1 Å². The van der Waals surface area contributed by atoms with E-state index in [0.717, 1.165) is 0 Å². The number of benzene rings is 2. The van der Waals surface area contributed by atoms with E-state index in [1.54, 1.807) is 42.5 Å². The maximum Gasteiger partial charge on any atom is 0.305 e. The van der Waals surface area contributed by atoms with Crippen LogP contribution >= 0.6 is 0 Å². The van der Waals surface area contributed by atoms with E-state index in [2.05, 4.69) is 4.72 Å². The van der Waals surface area contributed by atoms with Crippen molar-refractivity contribution in [1.82, 2.24) is 4.72 Å². The Labute approximate surface area is 141 Å². The average Bonchev–Trinajstić information content (AvgIpc) is 2.55. The highest BCUT2D eigenvalue weighted by Gasteiger charge is 2.23. The van der Waals surface area contributed by atoms with Crippen LogP contribution in [0.1, 0.15) is 24.9 Å². The van der Waals surface area contributed by atoms with Gasteiger partial charge in [0.25, 0.3) is 0 Å². The Balaban J connectivity index is 2.24. The topological polar surface area (TPSA) is 92.7 Å². The van der Waals surface area contributed by atoms with Gasteiger partial charge in [-0.3, -0.25) is 4.79 Å². The third-order valence-electron chi connectivity index (χ3n) is 3.32. The molecule has 0 saturated carbocycles. The normalized spacial score (nSPS) is 12.5. The van der Waals surface area contributed by atoms with Crippen LogP contribution in [0.15, 0.2) is 59.5 Å². The second kappa shape index (κ2) is 7.94. The number of aliphatic carboxylic acids is 1.